The third-order valence-corrected chi connectivity index (χ3v) is 6.47. The van der Waals surface area contributed by atoms with E-state index in [4.69, 9.17) is 0 Å². The zero-order chi connectivity index (χ0) is 28.3. The van der Waals surface area contributed by atoms with Gasteiger partial charge in [-0.3, -0.25) is 14.5 Å². The number of likely N-dealkylation sites (N-methyl/N-ethyl adjacent to an activating group) is 1. The molecule has 1 aliphatic heterocycles. The van der Waals surface area contributed by atoms with Crippen LogP contribution in [-0.4, -0.2) is 47.8 Å². The first-order chi connectivity index (χ1) is 18.4. The number of hydrogen-bond acceptors (Lipinski definition) is 7. The van der Waals surface area contributed by atoms with Gasteiger partial charge in [0.2, 0.25) is 0 Å². The van der Waals surface area contributed by atoms with Gasteiger partial charge in [0.25, 0.3) is 5.91 Å². The quantitative estimate of drug-likeness (QED) is 0.306. The van der Waals surface area contributed by atoms with Gasteiger partial charge in [-0.05, 0) is 69.4 Å². The summed E-state index contributed by atoms with van der Waals surface area (Å²) in [4.78, 5) is 15.1. The Hall–Kier alpha value is -3.87. The molecule has 3 aromatic rings. The van der Waals surface area contributed by atoms with Crippen molar-refractivity contribution < 1.29 is 18.0 Å². The molecule has 0 atom stereocenters. The van der Waals surface area contributed by atoms with E-state index in [1.807, 2.05) is 46.1 Å². The van der Waals surface area contributed by atoms with E-state index in [0.29, 0.717) is 23.4 Å². The summed E-state index contributed by atoms with van der Waals surface area (Å²) in [6.07, 6.45) is -0.922. The molecule has 2 aromatic carbocycles. The Morgan fingerprint density at radius 1 is 1.13 bits per heavy atom. The minimum absolute atomic E-state index is 0.0801. The van der Waals surface area contributed by atoms with Crippen molar-refractivity contribution in [2.45, 2.75) is 26.6 Å². The van der Waals surface area contributed by atoms with Crippen LogP contribution in [0.1, 0.15) is 38.3 Å². The highest BCUT2D eigenvalue weighted by atomic mass is 19.4. The summed E-state index contributed by atoms with van der Waals surface area (Å²) in [5.41, 5.74) is 10.5. The second-order valence-corrected chi connectivity index (χ2v) is 9.77. The van der Waals surface area contributed by atoms with Gasteiger partial charge in [0.1, 0.15) is 0 Å². The Morgan fingerprint density at radius 2 is 1.90 bits per heavy atom. The average Bonchev–Trinajstić information content (AvgIpc) is 3.48. The lowest BCUT2D eigenvalue weighted by Gasteiger charge is -2.19. The fourth-order valence-electron chi connectivity index (χ4n) is 4.12. The molecule has 4 rings (SSSR count). The minimum atomic E-state index is -4.54. The number of hydrazine groups is 2. The minimum Gasteiger partial charge on any atom is -0.322 e. The number of nitrogens with one attached hydrogen (secondary N) is 4. The number of aromatic nitrogens is 2. The summed E-state index contributed by atoms with van der Waals surface area (Å²) in [7, 11) is 5.70. The van der Waals surface area contributed by atoms with Crippen LogP contribution in [0.4, 0.5) is 24.5 Å². The smallest absolute Gasteiger partial charge is 0.322 e. The number of rotatable bonds is 9. The highest BCUT2D eigenvalue weighted by Crippen LogP contribution is 2.32. The van der Waals surface area contributed by atoms with Gasteiger partial charge in [-0.1, -0.05) is 6.07 Å². The van der Waals surface area contributed by atoms with Gasteiger partial charge >= 0.3 is 6.18 Å². The summed E-state index contributed by atoms with van der Waals surface area (Å²) < 4.78 is 42.5. The molecule has 0 aliphatic carbocycles. The molecule has 9 nitrogen and oxygen atoms in total. The highest BCUT2D eigenvalue weighted by molar-refractivity contribution is 6.05. The molecule has 0 bridgehead atoms. The predicted molar refractivity (Wildman–Crippen MR) is 146 cm³/mol. The number of nitrogens with zero attached hydrogens (tertiary/aromatic N) is 4. The molecule has 1 amide bonds. The summed E-state index contributed by atoms with van der Waals surface area (Å²) in [6, 6.07) is 8.73. The van der Waals surface area contributed by atoms with Crippen LogP contribution < -0.4 is 26.6 Å². The van der Waals surface area contributed by atoms with Crippen molar-refractivity contribution >= 4 is 23.0 Å². The lowest BCUT2D eigenvalue weighted by atomic mass is 10.1. The average molecular weight is 543 g/mol. The Labute approximate surface area is 225 Å². The molecule has 4 N–H and O–H groups in total. The van der Waals surface area contributed by atoms with Crippen LogP contribution in [0.5, 0.6) is 0 Å². The third kappa shape index (κ3) is 6.77. The Bertz CT molecular complexity index is 1380. The normalized spacial score (nSPS) is 13.6. The van der Waals surface area contributed by atoms with Crippen LogP contribution in [0.25, 0.3) is 5.70 Å². The van der Waals surface area contributed by atoms with Crippen molar-refractivity contribution in [2.75, 3.05) is 37.5 Å². The van der Waals surface area contributed by atoms with E-state index in [0.717, 1.165) is 41.2 Å². The van der Waals surface area contributed by atoms with E-state index in [9.17, 15) is 18.0 Å². The van der Waals surface area contributed by atoms with E-state index >= 15 is 0 Å². The van der Waals surface area contributed by atoms with Crippen LogP contribution in [0.2, 0.25) is 0 Å². The number of benzene rings is 2. The first-order valence-electron chi connectivity index (χ1n) is 12.4. The molecule has 2 heterocycles. The van der Waals surface area contributed by atoms with Gasteiger partial charge in [-0.15, -0.1) is 5.53 Å². The molecule has 0 unspecified atom stereocenters. The number of alkyl halides is 3. The lowest BCUT2D eigenvalue weighted by molar-refractivity contribution is -0.137. The molecule has 0 saturated heterocycles. The molecule has 1 aromatic heterocycles. The largest absolute Gasteiger partial charge is 0.416 e. The molecule has 1 aliphatic rings. The van der Waals surface area contributed by atoms with Gasteiger partial charge in [0.15, 0.2) is 0 Å². The lowest BCUT2D eigenvalue weighted by Crippen LogP contribution is -2.36. The van der Waals surface area contributed by atoms with Crippen molar-refractivity contribution in [2.24, 2.45) is 7.05 Å². The van der Waals surface area contributed by atoms with Gasteiger partial charge in [-0.2, -0.15) is 18.3 Å². The molecule has 0 fully saturated rings. The van der Waals surface area contributed by atoms with Gasteiger partial charge < -0.3 is 21.0 Å². The zero-order valence-electron chi connectivity index (χ0n) is 22.6. The number of hydrogen-bond donors (Lipinski definition) is 4. The third-order valence-electron chi connectivity index (χ3n) is 6.47. The maximum absolute atomic E-state index is 13.6. The molecular formula is C27H33F3N8O. The highest BCUT2D eigenvalue weighted by Gasteiger charge is 2.31. The number of amides is 1. The second-order valence-electron chi connectivity index (χ2n) is 9.77. The van der Waals surface area contributed by atoms with Crippen molar-refractivity contribution in [3.63, 3.8) is 0 Å². The molecule has 0 radical (unpaired) electrons. The standard InChI is InChI=1S/C27H33F3N8O/c1-17-6-7-20(12-25(17)38-16-24(34-35-38)23-15-32-37(5)18(23)2)26(39)33-22-11-19(14-31-8-9-36(3)4)10-21(13-22)27(28,29)30/h6-7,10-13,15-16,31,34-35H,8-9,14H2,1-5H3,(H,33,39). The number of anilines is 2. The maximum Gasteiger partial charge on any atom is 0.416 e. The molecule has 12 heteroatoms. The molecular weight excluding hydrogens is 509 g/mol. The van der Waals surface area contributed by atoms with Crippen molar-refractivity contribution in [1.29, 1.82) is 0 Å². The van der Waals surface area contributed by atoms with Crippen LogP contribution in [0, 0.1) is 13.8 Å². The van der Waals surface area contributed by atoms with Crippen LogP contribution in [0.15, 0.2) is 48.8 Å². The maximum atomic E-state index is 13.6. The van der Waals surface area contributed by atoms with E-state index < -0.39 is 17.6 Å². The van der Waals surface area contributed by atoms with E-state index in [2.05, 4.69) is 26.7 Å². The van der Waals surface area contributed by atoms with Crippen LogP contribution >= 0.6 is 0 Å². The molecule has 39 heavy (non-hydrogen) atoms. The SMILES string of the molecule is Cc1ccc(C(=O)Nc2cc(CNCCN(C)C)cc(C(F)(F)F)c2)cc1N1C=C(c2cnn(C)c2C)NN1. The van der Waals surface area contributed by atoms with Gasteiger partial charge in [0.05, 0.1) is 23.1 Å². The Balaban J connectivity index is 1.54. The topological polar surface area (TPSA) is 89.5 Å². The number of carbonyl (C=O) groups excluding carboxylic acids is 1. The van der Waals surface area contributed by atoms with E-state index in [1.54, 1.807) is 40.2 Å². The Kier molecular flexibility index (Phi) is 8.28. The fourth-order valence-corrected chi connectivity index (χ4v) is 4.12. The summed E-state index contributed by atoms with van der Waals surface area (Å²) in [6.45, 7) is 5.48. The summed E-state index contributed by atoms with van der Waals surface area (Å²) in [5, 5.41) is 11.8. The number of aryl methyl sites for hydroxylation is 2. The molecule has 208 valence electrons. The number of carbonyl (C=O) groups is 1. The summed E-state index contributed by atoms with van der Waals surface area (Å²) in [5.74, 6) is -0.512. The number of halogens is 3. The summed E-state index contributed by atoms with van der Waals surface area (Å²) >= 11 is 0. The van der Waals surface area contributed by atoms with Gasteiger partial charge in [0, 0.05) is 55.4 Å². The monoisotopic (exact) mass is 542 g/mol. The molecule has 0 spiro atoms. The fraction of sp³-hybridized carbons (Fsp3) is 0.333. The van der Waals surface area contributed by atoms with Crippen LogP contribution in [-0.2, 0) is 19.8 Å². The first kappa shape index (κ1) is 28.1. The van der Waals surface area contributed by atoms with Crippen LogP contribution in [0.3, 0.4) is 0 Å². The zero-order valence-corrected chi connectivity index (χ0v) is 22.6. The second kappa shape index (κ2) is 11.5. The Morgan fingerprint density at radius 3 is 2.56 bits per heavy atom. The van der Waals surface area contributed by atoms with E-state index in [-0.39, 0.29) is 12.2 Å². The van der Waals surface area contributed by atoms with Crippen molar-refractivity contribution in [3.05, 3.63) is 82.3 Å². The van der Waals surface area contributed by atoms with E-state index in [1.165, 1.54) is 0 Å². The van der Waals surface area contributed by atoms with Crippen molar-refractivity contribution in [3.8, 4) is 0 Å². The molecule has 0 saturated carbocycles. The van der Waals surface area contributed by atoms with Gasteiger partial charge in [-0.25, -0.2) is 0 Å². The van der Waals surface area contributed by atoms with Crippen molar-refractivity contribution in [1.82, 2.24) is 31.0 Å². The predicted octanol–water partition coefficient (Wildman–Crippen LogP) is 3.79. The first-order valence-corrected chi connectivity index (χ1v) is 12.4.